The largest absolute Gasteiger partial charge is 0.332 e. The summed E-state index contributed by atoms with van der Waals surface area (Å²) in [6, 6.07) is 7.58. The molecule has 0 aromatic heterocycles. The van der Waals surface area contributed by atoms with E-state index in [1.54, 1.807) is 6.92 Å². The maximum atomic E-state index is 11.8. The van der Waals surface area contributed by atoms with Crippen LogP contribution in [0.1, 0.15) is 31.4 Å². The highest BCUT2D eigenvalue weighted by Gasteiger charge is 2.22. The van der Waals surface area contributed by atoms with Gasteiger partial charge in [-0.1, -0.05) is 36.8 Å². The Morgan fingerprint density at radius 3 is 2.44 bits per heavy atom. The number of aryl methyl sites for hydroxylation is 1. The molecule has 0 spiro atoms. The molecule has 2 unspecified atom stereocenters. The molecule has 0 radical (unpaired) electrons. The third-order valence-corrected chi connectivity index (χ3v) is 3.88. The van der Waals surface area contributed by atoms with Gasteiger partial charge in [0.15, 0.2) is 0 Å². The summed E-state index contributed by atoms with van der Waals surface area (Å²) in [5, 5.41) is 0. The van der Waals surface area contributed by atoms with Gasteiger partial charge in [0.05, 0.1) is 12.3 Å². The van der Waals surface area contributed by atoms with Crippen molar-refractivity contribution in [1.82, 2.24) is 0 Å². The average Bonchev–Trinajstić information content (AvgIpc) is 2.20. The number of hydrogen-bond acceptors (Lipinski definition) is 2. The molecular formula is C12H19O3P. The fourth-order valence-electron chi connectivity index (χ4n) is 1.32. The minimum atomic E-state index is -3.50. The van der Waals surface area contributed by atoms with Crippen molar-refractivity contribution in [1.29, 1.82) is 0 Å². The summed E-state index contributed by atoms with van der Waals surface area (Å²) in [5.74, 6) is 0. The molecule has 0 fully saturated rings. The highest BCUT2D eigenvalue weighted by molar-refractivity contribution is 7.51. The zero-order valence-corrected chi connectivity index (χ0v) is 10.9. The van der Waals surface area contributed by atoms with E-state index in [-0.39, 0.29) is 12.3 Å². The van der Waals surface area contributed by atoms with Crippen LogP contribution in [-0.2, 0) is 15.3 Å². The molecule has 0 aliphatic carbocycles. The van der Waals surface area contributed by atoms with Crippen molar-refractivity contribution < 1.29 is 14.0 Å². The second-order valence-electron chi connectivity index (χ2n) is 4.11. The standard InChI is InChI=1S/C12H19O3P/c1-4-11(3)15-16(13,14)9-12-7-5-10(2)6-8-12/h5-8,11H,4,9H2,1-3H3,(H,13,14). The lowest BCUT2D eigenvalue weighted by Gasteiger charge is -2.16. The summed E-state index contributed by atoms with van der Waals surface area (Å²) in [6.07, 6.45) is 0.636. The van der Waals surface area contributed by atoms with Crippen LogP contribution in [0.5, 0.6) is 0 Å². The molecule has 0 heterocycles. The molecule has 1 N–H and O–H groups in total. The van der Waals surface area contributed by atoms with Crippen LogP contribution >= 0.6 is 7.60 Å². The SMILES string of the molecule is CCC(C)OP(=O)(O)Cc1ccc(C)cc1. The molecule has 0 amide bonds. The van der Waals surface area contributed by atoms with Crippen molar-refractivity contribution in [3.8, 4) is 0 Å². The van der Waals surface area contributed by atoms with Gasteiger partial charge in [-0.25, -0.2) is 0 Å². The van der Waals surface area contributed by atoms with Gasteiger partial charge in [-0.15, -0.1) is 0 Å². The molecular weight excluding hydrogens is 223 g/mol. The first-order chi connectivity index (χ1) is 7.43. The molecule has 1 aromatic rings. The van der Waals surface area contributed by atoms with E-state index in [1.807, 2.05) is 38.1 Å². The van der Waals surface area contributed by atoms with E-state index in [4.69, 9.17) is 4.52 Å². The van der Waals surface area contributed by atoms with Crippen molar-refractivity contribution in [2.24, 2.45) is 0 Å². The quantitative estimate of drug-likeness (QED) is 0.804. The monoisotopic (exact) mass is 242 g/mol. The predicted octanol–water partition coefficient (Wildman–Crippen LogP) is 3.50. The van der Waals surface area contributed by atoms with Gasteiger partial charge < -0.3 is 9.42 Å². The zero-order valence-electron chi connectivity index (χ0n) is 10.0. The maximum absolute atomic E-state index is 11.8. The number of rotatable bonds is 5. The lowest BCUT2D eigenvalue weighted by Crippen LogP contribution is -2.05. The Labute approximate surface area is 97.0 Å². The van der Waals surface area contributed by atoms with Gasteiger partial charge in [-0.05, 0) is 25.8 Å². The van der Waals surface area contributed by atoms with Gasteiger partial charge >= 0.3 is 7.60 Å². The smallest absolute Gasteiger partial charge is 0.324 e. The van der Waals surface area contributed by atoms with E-state index in [9.17, 15) is 9.46 Å². The van der Waals surface area contributed by atoms with Gasteiger partial charge in [0, 0.05) is 0 Å². The van der Waals surface area contributed by atoms with E-state index < -0.39 is 7.60 Å². The van der Waals surface area contributed by atoms with E-state index in [0.717, 1.165) is 17.5 Å². The van der Waals surface area contributed by atoms with E-state index in [2.05, 4.69) is 0 Å². The lowest BCUT2D eigenvalue weighted by molar-refractivity contribution is 0.185. The first kappa shape index (κ1) is 13.4. The molecule has 3 nitrogen and oxygen atoms in total. The molecule has 0 aliphatic rings. The number of benzene rings is 1. The first-order valence-electron chi connectivity index (χ1n) is 5.48. The molecule has 90 valence electrons. The van der Waals surface area contributed by atoms with Crippen molar-refractivity contribution >= 4 is 7.60 Å². The summed E-state index contributed by atoms with van der Waals surface area (Å²) in [6.45, 7) is 5.71. The van der Waals surface area contributed by atoms with Crippen LogP contribution in [0.2, 0.25) is 0 Å². The highest BCUT2D eigenvalue weighted by Crippen LogP contribution is 2.47. The maximum Gasteiger partial charge on any atom is 0.332 e. The molecule has 4 heteroatoms. The fourth-order valence-corrected chi connectivity index (χ4v) is 2.78. The van der Waals surface area contributed by atoms with Gasteiger partial charge in [-0.2, -0.15) is 0 Å². The minimum Gasteiger partial charge on any atom is -0.324 e. The van der Waals surface area contributed by atoms with Crippen LogP contribution < -0.4 is 0 Å². The number of hydrogen-bond donors (Lipinski definition) is 1. The summed E-state index contributed by atoms with van der Waals surface area (Å²) < 4.78 is 16.9. The molecule has 0 bridgehead atoms. The minimum absolute atomic E-state index is 0.0810. The molecule has 0 aliphatic heterocycles. The van der Waals surface area contributed by atoms with Crippen LogP contribution in [0.3, 0.4) is 0 Å². The van der Waals surface area contributed by atoms with Gasteiger partial charge in [0.2, 0.25) is 0 Å². The Morgan fingerprint density at radius 2 is 1.94 bits per heavy atom. The third-order valence-electron chi connectivity index (χ3n) is 2.42. The van der Waals surface area contributed by atoms with Crippen molar-refractivity contribution in [2.75, 3.05) is 0 Å². The van der Waals surface area contributed by atoms with E-state index in [1.165, 1.54) is 0 Å². The molecule has 0 saturated heterocycles. The van der Waals surface area contributed by atoms with Gasteiger partial charge in [0.25, 0.3) is 0 Å². The fraction of sp³-hybridized carbons (Fsp3) is 0.500. The molecule has 2 atom stereocenters. The Balaban J connectivity index is 2.65. The van der Waals surface area contributed by atoms with Crippen molar-refractivity contribution in [2.45, 2.75) is 39.5 Å². The average molecular weight is 242 g/mol. The predicted molar refractivity (Wildman–Crippen MR) is 65.5 cm³/mol. The second kappa shape index (κ2) is 5.62. The van der Waals surface area contributed by atoms with E-state index >= 15 is 0 Å². The van der Waals surface area contributed by atoms with Crippen LogP contribution in [-0.4, -0.2) is 11.0 Å². The summed E-state index contributed by atoms with van der Waals surface area (Å²) in [7, 11) is -3.50. The lowest BCUT2D eigenvalue weighted by atomic mass is 10.2. The normalized spacial score (nSPS) is 16.8. The van der Waals surface area contributed by atoms with Gasteiger partial charge in [0.1, 0.15) is 0 Å². The zero-order chi connectivity index (χ0) is 12.2. The summed E-state index contributed by atoms with van der Waals surface area (Å²) in [5.41, 5.74) is 1.97. The Morgan fingerprint density at radius 1 is 1.38 bits per heavy atom. The first-order valence-corrected chi connectivity index (χ1v) is 7.25. The Hall–Kier alpha value is -0.630. The summed E-state index contributed by atoms with van der Waals surface area (Å²) >= 11 is 0. The third kappa shape index (κ3) is 4.48. The van der Waals surface area contributed by atoms with Crippen molar-refractivity contribution in [3.63, 3.8) is 0 Å². The molecule has 1 aromatic carbocycles. The van der Waals surface area contributed by atoms with Crippen LogP contribution in [0.25, 0.3) is 0 Å². The van der Waals surface area contributed by atoms with Gasteiger partial charge in [-0.3, -0.25) is 4.57 Å². The Bertz CT molecular complexity index is 372. The van der Waals surface area contributed by atoms with E-state index in [0.29, 0.717) is 0 Å². The molecule has 1 rings (SSSR count). The van der Waals surface area contributed by atoms with Crippen LogP contribution in [0, 0.1) is 6.92 Å². The van der Waals surface area contributed by atoms with Crippen molar-refractivity contribution in [3.05, 3.63) is 35.4 Å². The summed E-state index contributed by atoms with van der Waals surface area (Å²) in [4.78, 5) is 9.67. The topological polar surface area (TPSA) is 46.5 Å². The van der Waals surface area contributed by atoms with Crippen LogP contribution in [0.4, 0.5) is 0 Å². The second-order valence-corrected chi connectivity index (χ2v) is 5.91. The molecule has 0 saturated carbocycles. The molecule has 16 heavy (non-hydrogen) atoms. The highest BCUT2D eigenvalue weighted by atomic mass is 31.2. The Kier molecular flexibility index (Phi) is 4.72. The van der Waals surface area contributed by atoms with Crippen LogP contribution in [0.15, 0.2) is 24.3 Å².